The standard InChI is InChI=1S/C25H29N5O3S/c1-3-30(34(2,32)33)23-13-16-28(17-14-23)24(31)12-11-21-19-29(22-9-5-4-6-10-22)27-25(21)20-8-7-15-26-18-20/h4-12,15,18-19,23H,3,13-14,16-17H2,1-2H3/b12-11+. The van der Waals surface area contributed by atoms with Gasteiger partial charge in [0.1, 0.15) is 5.69 Å². The molecule has 0 N–H and O–H groups in total. The average molecular weight is 480 g/mol. The molecule has 8 nitrogen and oxygen atoms in total. The van der Waals surface area contributed by atoms with E-state index in [1.807, 2.05) is 55.6 Å². The van der Waals surface area contributed by atoms with Crippen molar-refractivity contribution < 1.29 is 13.2 Å². The molecule has 1 amide bonds. The van der Waals surface area contributed by atoms with Gasteiger partial charge in [0.05, 0.1) is 11.9 Å². The molecule has 178 valence electrons. The number of sulfonamides is 1. The van der Waals surface area contributed by atoms with Crippen molar-refractivity contribution in [1.82, 2.24) is 24.0 Å². The van der Waals surface area contributed by atoms with Crippen LogP contribution in [0.1, 0.15) is 25.3 Å². The van der Waals surface area contributed by atoms with Gasteiger partial charge in [-0.05, 0) is 43.2 Å². The van der Waals surface area contributed by atoms with Crippen LogP contribution in [0.4, 0.5) is 0 Å². The first-order valence-electron chi connectivity index (χ1n) is 11.4. The van der Waals surface area contributed by atoms with E-state index in [0.29, 0.717) is 32.5 Å². The van der Waals surface area contributed by atoms with E-state index in [1.165, 1.54) is 10.6 Å². The summed E-state index contributed by atoms with van der Waals surface area (Å²) in [7, 11) is -3.25. The van der Waals surface area contributed by atoms with Crippen LogP contribution in [0.5, 0.6) is 0 Å². The SMILES string of the molecule is CCN(C1CCN(C(=O)/C=C/c2cn(-c3ccccc3)nc2-c2cccnc2)CC1)S(C)(=O)=O. The van der Waals surface area contributed by atoms with Crippen molar-refractivity contribution in [1.29, 1.82) is 0 Å². The van der Waals surface area contributed by atoms with E-state index in [2.05, 4.69) is 4.98 Å². The number of amides is 1. The third-order valence-corrected chi connectivity index (χ3v) is 7.43. The van der Waals surface area contributed by atoms with Crippen LogP contribution in [0, 0.1) is 0 Å². The summed E-state index contributed by atoms with van der Waals surface area (Å²) < 4.78 is 27.3. The number of carbonyl (C=O) groups excluding carboxylic acids is 1. The van der Waals surface area contributed by atoms with Gasteiger partial charge in [-0.15, -0.1) is 0 Å². The number of benzene rings is 1. The molecule has 3 aromatic rings. The van der Waals surface area contributed by atoms with Gasteiger partial charge >= 0.3 is 0 Å². The van der Waals surface area contributed by atoms with Gasteiger partial charge in [0.2, 0.25) is 15.9 Å². The van der Waals surface area contributed by atoms with Crippen LogP contribution in [-0.4, -0.2) is 70.2 Å². The normalized spacial score (nSPS) is 15.3. The Morgan fingerprint density at radius 2 is 1.88 bits per heavy atom. The summed E-state index contributed by atoms with van der Waals surface area (Å²) in [6.45, 7) is 3.34. The quantitative estimate of drug-likeness (QED) is 0.486. The Morgan fingerprint density at radius 1 is 1.15 bits per heavy atom. The average Bonchev–Trinajstić information content (AvgIpc) is 3.28. The van der Waals surface area contributed by atoms with E-state index in [-0.39, 0.29) is 11.9 Å². The molecule has 1 saturated heterocycles. The van der Waals surface area contributed by atoms with Crippen LogP contribution in [0.15, 0.2) is 67.1 Å². The number of hydrogen-bond donors (Lipinski definition) is 0. The number of rotatable bonds is 7. The lowest BCUT2D eigenvalue weighted by Crippen LogP contribution is -2.48. The molecule has 0 atom stereocenters. The highest BCUT2D eigenvalue weighted by molar-refractivity contribution is 7.88. The predicted octanol–water partition coefficient (Wildman–Crippen LogP) is 3.22. The summed E-state index contributed by atoms with van der Waals surface area (Å²) in [4.78, 5) is 18.9. The molecule has 0 radical (unpaired) electrons. The molecule has 1 aliphatic heterocycles. The summed E-state index contributed by atoms with van der Waals surface area (Å²) in [5.74, 6) is -0.0922. The van der Waals surface area contributed by atoms with Gasteiger partial charge in [0.25, 0.3) is 0 Å². The highest BCUT2D eigenvalue weighted by Crippen LogP contribution is 2.25. The van der Waals surface area contributed by atoms with Crippen molar-refractivity contribution in [3.63, 3.8) is 0 Å². The summed E-state index contributed by atoms with van der Waals surface area (Å²) in [6, 6.07) is 13.5. The predicted molar refractivity (Wildman–Crippen MR) is 133 cm³/mol. The number of likely N-dealkylation sites (tertiary alicyclic amines) is 1. The van der Waals surface area contributed by atoms with Crippen molar-refractivity contribution in [2.75, 3.05) is 25.9 Å². The molecular formula is C25H29N5O3S. The first kappa shape index (κ1) is 23.8. The minimum Gasteiger partial charge on any atom is -0.339 e. The fourth-order valence-corrected chi connectivity index (χ4v) is 5.58. The maximum Gasteiger partial charge on any atom is 0.246 e. The number of hydrogen-bond acceptors (Lipinski definition) is 5. The van der Waals surface area contributed by atoms with Gasteiger partial charge in [0.15, 0.2) is 0 Å². The Labute approximate surface area is 200 Å². The summed E-state index contributed by atoms with van der Waals surface area (Å²) in [5, 5.41) is 4.74. The summed E-state index contributed by atoms with van der Waals surface area (Å²) in [5.41, 5.74) is 3.35. The number of aromatic nitrogens is 3. The molecule has 4 rings (SSSR count). The zero-order chi connectivity index (χ0) is 24.1. The van der Waals surface area contributed by atoms with Crippen molar-refractivity contribution in [2.24, 2.45) is 0 Å². The van der Waals surface area contributed by atoms with Crippen LogP contribution in [0.2, 0.25) is 0 Å². The van der Waals surface area contributed by atoms with Crippen molar-refractivity contribution in [2.45, 2.75) is 25.8 Å². The maximum atomic E-state index is 12.9. The molecule has 0 bridgehead atoms. The first-order valence-corrected chi connectivity index (χ1v) is 13.2. The minimum absolute atomic E-state index is 0.0608. The summed E-state index contributed by atoms with van der Waals surface area (Å²) >= 11 is 0. The van der Waals surface area contributed by atoms with Gasteiger partial charge in [0, 0.05) is 61.5 Å². The molecule has 1 aromatic carbocycles. The molecule has 34 heavy (non-hydrogen) atoms. The molecule has 2 aromatic heterocycles. The van der Waals surface area contributed by atoms with Crippen LogP contribution < -0.4 is 0 Å². The minimum atomic E-state index is -3.25. The van der Waals surface area contributed by atoms with Crippen LogP contribution >= 0.6 is 0 Å². The Bertz CT molecular complexity index is 1250. The Kier molecular flexibility index (Phi) is 7.23. The monoisotopic (exact) mass is 479 g/mol. The molecule has 3 heterocycles. The lowest BCUT2D eigenvalue weighted by Gasteiger charge is -2.36. The smallest absolute Gasteiger partial charge is 0.246 e. The fraction of sp³-hybridized carbons (Fsp3) is 0.320. The molecule has 1 fully saturated rings. The number of piperidine rings is 1. The second kappa shape index (κ2) is 10.3. The van der Waals surface area contributed by atoms with E-state index < -0.39 is 10.0 Å². The van der Waals surface area contributed by atoms with Gasteiger partial charge in [-0.2, -0.15) is 9.40 Å². The second-order valence-corrected chi connectivity index (χ2v) is 10.2. The van der Waals surface area contributed by atoms with Crippen LogP contribution in [0.3, 0.4) is 0 Å². The van der Waals surface area contributed by atoms with Crippen LogP contribution in [0.25, 0.3) is 23.0 Å². The van der Waals surface area contributed by atoms with E-state index in [9.17, 15) is 13.2 Å². The van der Waals surface area contributed by atoms with Gasteiger partial charge in [-0.1, -0.05) is 25.1 Å². The topological polar surface area (TPSA) is 88.4 Å². The molecule has 0 saturated carbocycles. The molecule has 0 spiro atoms. The third kappa shape index (κ3) is 5.43. The largest absolute Gasteiger partial charge is 0.339 e. The Balaban J connectivity index is 1.51. The third-order valence-electron chi connectivity index (χ3n) is 6.02. The zero-order valence-corrected chi connectivity index (χ0v) is 20.2. The van der Waals surface area contributed by atoms with Crippen molar-refractivity contribution in [3.8, 4) is 16.9 Å². The molecule has 0 unspecified atom stereocenters. The van der Waals surface area contributed by atoms with Crippen molar-refractivity contribution in [3.05, 3.63) is 72.7 Å². The number of nitrogens with zero attached hydrogens (tertiary/aromatic N) is 5. The molecule has 0 aliphatic carbocycles. The van der Waals surface area contributed by atoms with Gasteiger partial charge in [-0.25, -0.2) is 13.1 Å². The van der Waals surface area contributed by atoms with E-state index in [1.54, 1.807) is 34.1 Å². The first-order chi connectivity index (χ1) is 16.4. The van der Waals surface area contributed by atoms with E-state index >= 15 is 0 Å². The second-order valence-electron chi connectivity index (χ2n) is 8.31. The Hall–Kier alpha value is -3.30. The van der Waals surface area contributed by atoms with E-state index in [4.69, 9.17) is 5.10 Å². The molecule has 9 heteroatoms. The number of pyridine rings is 1. The number of carbonyl (C=O) groups is 1. The maximum absolute atomic E-state index is 12.9. The number of para-hydroxylation sites is 1. The van der Waals surface area contributed by atoms with Crippen LogP contribution in [-0.2, 0) is 14.8 Å². The Morgan fingerprint density at radius 3 is 2.50 bits per heavy atom. The fourth-order valence-electron chi connectivity index (χ4n) is 4.35. The zero-order valence-electron chi connectivity index (χ0n) is 19.4. The lowest BCUT2D eigenvalue weighted by atomic mass is 10.0. The highest BCUT2D eigenvalue weighted by Gasteiger charge is 2.30. The van der Waals surface area contributed by atoms with E-state index in [0.717, 1.165) is 22.5 Å². The molecule has 1 aliphatic rings. The van der Waals surface area contributed by atoms with Crippen molar-refractivity contribution >= 4 is 22.0 Å². The van der Waals surface area contributed by atoms with Gasteiger partial charge < -0.3 is 4.90 Å². The summed E-state index contributed by atoms with van der Waals surface area (Å²) in [6.07, 6.45) is 11.2. The van der Waals surface area contributed by atoms with Gasteiger partial charge in [-0.3, -0.25) is 9.78 Å². The molecular weight excluding hydrogens is 450 g/mol. The highest BCUT2D eigenvalue weighted by atomic mass is 32.2. The lowest BCUT2D eigenvalue weighted by molar-refractivity contribution is -0.127.